The number of nitrogens with one attached hydrogen (secondary N) is 1. The molecule has 3 aromatic carbocycles. The van der Waals surface area contributed by atoms with Crippen molar-refractivity contribution in [3.63, 3.8) is 0 Å². The molecule has 3 rings (SSSR count). The zero-order valence-electron chi connectivity index (χ0n) is 13.2. The zero-order valence-corrected chi connectivity index (χ0v) is 13.2. The first-order valence-corrected chi connectivity index (χ1v) is 7.42. The predicted molar refractivity (Wildman–Crippen MR) is 97.1 cm³/mol. The molecule has 0 aliphatic carbocycles. The van der Waals surface area contributed by atoms with Crippen molar-refractivity contribution in [2.75, 3.05) is 30.0 Å². The van der Waals surface area contributed by atoms with Crippen molar-refractivity contribution in [2.24, 2.45) is 0 Å². The Hall–Kier alpha value is -3.01. The maximum atomic E-state index is 12.7. The summed E-state index contributed by atoms with van der Waals surface area (Å²) in [4.78, 5) is 14.6. The van der Waals surface area contributed by atoms with Gasteiger partial charge in [-0.2, -0.15) is 0 Å². The minimum absolute atomic E-state index is 0.169. The number of benzene rings is 3. The zero-order chi connectivity index (χ0) is 16.4. The van der Waals surface area contributed by atoms with E-state index >= 15 is 0 Å². The Morgan fingerprint density at radius 1 is 1.00 bits per heavy atom. The average Bonchev–Trinajstić information content (AvgIpc) is 2.54. The summed E-state index contributed by atoms with van der Waals surface area (Å²) in [5.41, 5.74) is 8.60. The van der Waals surface area contributed by atoms with E-state index in [9.17, 15) is 4.79 Å². The lowest BCUT2D eigenvalue weighted by molar-refractivity contribution is 0.102. The van der Waals surface area contributed by atoms with Crippen molar-refractivity contribution in [1.29, 1.82) is 0 Å². The highest BCUT2D eigenvalue weighted by Crippen LogP contribution is 2.26. The summed E-state index contributed by atoms with van der Waals surface area (Å²) in [5, 5.41) is 5.10. The van der Waals surface area contributed by atoms with Crippen molar-refractivity contribution in [2.45, 2.75) is 0 Å². The van der Waals surface area contributed by atoms with Crippen LogP contribution in [-0.2, 0) is 0 Å². The summed E-state index contributed by atoms with van der Waals surface area (Å²) < 4.78 is 0. The second-order valence-corrected chi connectivity index (χ2v) is 5.65. The summed E-state index contributed by atoms with van der Waals surface area (Å²) in [7, 11) is 3.81. The molecule has 0 atom stereocenters. The molecule has 0 aliphatic rings. The van der Waals surface area contributed by atoms with Crippen molar-refractivity contribution >= 4 is 33.7 Å². The van der Waals surface area contributed by atoms with Crippen LogP contribution in [0, 0.1) is 0 Å². The molecule has 0 fully saturated rings. The molecule has 0 saturated heterocycles. The van der Waals surface area contributed by atoms with E-state index in [-0.39, 0.29) is 5.91 Å². The molecule has 0 aromatic heterocycles. The van der Waals surface area contributed by atoms with Crippen molar-refractivity contribution in [1.82, 2.24) is 0 Å². The predicted octanol–water partition coefficient (Wildman–Crippen LogP) is 3.74. The lowest BCUT2D eigenvalue weighted by Gasteiger charge is -2.18. The van der Waals surface area contributed by atoms with Crippen LogP contribution in [0.2, 0.25) is 0 Å². The van der Waals surface area contributed by atoms with Gasteiger partial charge in [0.25, 0.3) is 5.91 Å². The number of nitrogen functional groups attached to an aromatic ring is 1. The van der Waals surface area contributed by atoms with E-state index in [1.54, 1.807) is 12.1 Å². The van der Waals surface area contributed by atoms with Gasteiger partial charge in [0.2, 0.25) is 0 Å². The van der Waals surface area contributed by atoms with Crippen molar-refractivity contribution in [3.8, 4) is 0 Å². The van der Waals surface area contributed by atoms with Gasteiger partial charge in [-0.15, -0.1) is 0 Å². The van der Waals surface area contributed by atoms with E-state index in [0.29, 0.717) is 11.3 Å². The summed E-state index contributed by atoms with van der Waals surface area (Å²) in [6.45, 7) is 0. The molecule has 116 valence electrons. The molecular weight excluding hydrogens is 286 g/mol. The number of rotatable bonds is 3. The van der Waals surface area contributed by atoms with E-state index in [1.165, 1.54) is 0 Å². The van der Waals surface area contributed by atoms with Gasteiger partial charge >= 0.3 is 0 Å². The minimum atomic E-state index is -0.169. The van der Waals surface area contributed by atoms with Gasteiger partial charge in [0.05, 0.1) is 5.56 Å². The van der Waals surface area contributed by atoms with Crippen LogP contribution >= 0.6 is 0 Å². The fourth-order valence-electron chi connectivity index (χ4n) is 2.65. The van der Waals surface area contributed by atoms with E-state index in [2.05, 4.69) is 5.32 Å². The van der Waals surface area contributed by atoms with Gasteiger partial charge in [-0.1, -0.05) is 36.4 Å². The van der Waals surface area contributed by atoms with Crippen LogP contribution in [0.4, 0.5) is 17.1 Å². The first kappa shape index (κ1) is 14.9. The van der Waals surface area contributed by atoms with Crippen LogP contribution in [0.1, 0.15) is 10.4 Å². The molecule has 0 bridgehead atoms. The second-order valence-electron chi connectivity index (χ2n) is 5.65. The first-order valence-electron chi connectivity index (χ1n) is 7.42. The lowest BCUT2D eigenvalue weighted by Crippen LogP contribution is -2.19. The second kappa shape index (κ2) is 6.01. The van der Waals surface area contributed by atoms with E-state index in [4.69, 9.17) is 5.73 Å². The SMILES string of the molecule is CN(C)c1ccc(N)cc1C(=O)Nc1cccc2ccccc12. The van der Waals surface area contributed by atoms with Crippen LogP contribution in [0.3, 0.4) is 0 Å². The van der Waals surface area contributed by atoms with Crippen LogP contribution < -0.4 is 16.0 Å². The Morgan fingerprint density at radius 3 is 2.52 bits per heavy atom. The fraction of sp³-hybridized carbons (Fsp3) is 0.105. The van der Waals surface area contributed by atoms with Crippen LogP contribution in [-0.4, -0.2) is 20.0 Å². The number of carbonyl (C=O) groups excluding carboxylic acids is 1. The van der Waals surface area contributed by atoms with Crippen molar-refractivity contribution < 1.29 is 4.79 Å². The molecule has 0 heterocycles. The normalized spacial score (nSPS) is 10.5. The first-order chi connectivity index (χ1) is 11.1. The molecule has 3 aromatic rings. The standard InChI is InChI=1S/C19H19N3O/c1-22(2)18-11-10-14(20)12-16(18)19(23)21-17-9-5-7-13-6-3-4-8-15(13)17/h3-12H,20H2,1-2H3,(H,21,23). The average molecular weight is 305 g/mol. The van der Waals surface area contributed by atoms with Crippen LogP contribution in [0.5, 0.6) is 0 Å². The number of hydrogen-bond acceptors (Lipinski definition) is 3. The van der Waals surface area contributed by atoms with Gasteiger partial charge in [-0.3, -0.25) is 4.79 Å². The van der Waals surface area contributed by atoms with Gasteiger partial charge in [-0.25, -0.2) is 0 Å². The number of amides is 1. The van der Waals surface area contributed by atoms with E-state index < -0.39 is 0 Å². The van der Waals surface area contributed by atoms with Gasteiger partial charge in [0.15, 0.2) is 0 Å². The molecule has 0 spiro atoms. The molecule has 1 amide bonds. The van der Waals surface area contributed by atoms with Gasteiger partial charge in [0, 0.05) is 36.5 Å². The van der Waals surface area contributed by atoms with Crippen molar-refractivity contribution in [3.05, 3.63) is 66.2 Å². The molecular formula is C19H19N3O. The third-order valence-electron chi connectivity index (χ3n) is 3.78. The maximum absolute atomic E-state index is 12.7. The monoisotopic (exact) mass is 305 g/mol. The summed E-state index contributed by atoms with van der Waals surface area (Å²) in [6, 6.07) is 19.2. The smallest absolute Gasteiger partial charge is 0.257 e. The number of hydrogen-bond donors (Lipinski definition) is 2. The summed E-state index contributed by atoms with van der Waals surface area (Å²) in [5.74, 6) is -0.169. The number of nitrogens with zero attached hydrogens (tertiary/aromatic N) is 1. The lowest BCUT2D eigenvalue weighted by atomic mass is 10.1. The summed E-state index contributed by atoms with van der Waals surface area (Å²) >= 11 is 0. The molecule has 3 N–H and O–H groups in total. The fourth-order valence-corrected chi connectivity index (χ4v) is 2.65. The third kappa shape index (κ3) is 2.97. The Balaban J connectivity index is 2.00. The highest BCUT2D eigenvalue weighted by atomic mass is 16.1. The molecule has 4 heteroatoms. The van der Waals surface area contributed by atoms with Gasteiger partial charge < -0.3 is 16.0 Å². The highest BCUT2D eigenvalue weighted by molar-refractivity contribution is 6.12. The van der Waals surface area contributed by atoms with E-state index in [1.807, 2.05) is 67.5 Å². The molecule has 0 radical (unpaired) electrons. The maximum Gasteiger partial charge on any atom is 0.257 e. The van der Waals surface area contributed by atoms with E-state index in [0.717, 1.165) is 22.1 Å². The minimum Gasteiger partial charge on any atom is -0.399 e. The molecule has 0 unspecified atom stereocenters. The Labute approximate surface area is 135 Å². The third-order valence-corrected chi connectivity index (χ3v) is 3.78. The van der Waals surface area contributed by atoms with Gasteiger partial charge in [-0.05, 0) is 29.7 Å². The van der Waals surface area contributed by atoms with Crippen LogP contribution in [0.25, 0.3) is 10.8 Å². The number of carbonyl (C=O) groups is 1. The Kier molecular flexibility index (Phi) is 3.89. The molecule has 4 nitrogen and oxygen atoms in total. The summed E-state index contributed by atoms with van der Waals surface area (Å²) in [6.07, 6.45) is 0. The molecule has 23 heavy (non-hydrogen) atoms. The quantitative estimate of drug-likeness (QED) is 0.725. The topological polar surface area (TPSA) is 58.4 Å². The molecule has 0 saturated carbocycles. The highest BCUT2D eigenvalue weighted by Gasteiger charge is 2.14. The molecule has 0 aliphatic heterocycles. The van der Waals surface area contributed by atoms with Crippen LogP contribution in [0.15, 0.2) is 60.7 Å². The number of fused-ring (bicyclic) bond motifs is 1. The largest absolute Gasteiger partial charge is 0.399 e. The Morgan fingerprint density at radius 2 is 1.74 bits per heavy atom. The number of nitrogens with two attached hydrogens (primary N) is 1. The Bertz CT molecular complexity index is 866. The van der Waals surface area contributed by atoms with Gasteiger partial charge in [0.1, 0.15) is 0 Å². The number of anilines is 3.